The SMILES string of the molecule is CC[C@H]1[C@@H](OC(C)=O)[C@@H](OCC[Si](C)(C)C)O[C@H](COC(C)=O)[C@@]1(OCC[Si](C)(C)C)[C@@H]1O[C@H](COC(C)=O)[C@H](OC(C)=O)[C@H](OC(C)=O)[C@H]1OC(C)=O. The van der Waals surface area contributed by atoms with Crippen LogP contribution in [-0.4, -0.2) is 133 Å². The van der Waals surface area contributed by atoms with Crippen LogP contribution in [0.4, 0.5) is 0 Å². The molecule has 0 amide bonds. The molecule has 0 N–H and O–H groups in total. The summed E-state index contributed by atoms with van der Waals surface area (Å²) >= 11 is 0. The summed E-state index contributed by atoms with van der Waals surface area (Å²) in [6.45, 7) is 21.3. The highest BCUT2D eigenvalue weighted by atomic mass is 28.3. The highest BCUT2D eigenvalue weighted by molar-refractivity contribution is 6.76. The van der Waals surface area contributed by atoms with E-state index in [1.165, 1.54) is 20.8 Å². The second-order valence-electron chi connectivity index (χ2n) is 16.2. The van der Waals surface area contributed by atoms with Crippen LogP contribution in [0.5, 0.6) is 0 Å². The summed E-state index contributed by atoms with van der Waals surface area (Å²) in [7, 11) is -3.43. The van der Waals surface area contributed by atoms with Gasteiger partial charge in [0.05, 0.1) is 0 Å². The number of hydrogen-bond donors (Lipinski definition) is 0. The number of rotatable bonds is 18. The van der Waals surface area contributed by atoms with Crippen LogP contribution in [0.3, 0.4) is 0 Å². The maximum atomic E-state index is 12.9. The van der Waals surface area contributed by atoms with E-state index in [1.807, 2.05) is 6.92 Å². The van der Waals surface area contributed by atoms with E-state index >= 15 is 0 Å². The molecule has 2 aliphatic heterocycles. The molecule has 16 nitrogen and oxygen atoms in total. The van der Waals surface area contributed by atoms with Crippen LogP contribution in [0, 0.1) is 5.92 Å². The minimum absolute atomic E-state index is 0.104. The molecule has 2 rings (SSSR count). The van der Waals surface area contributed by atoms with E-state index in [0.29, 0.717) is 6.04 Å². The first-order valence-corrected chi connectivity index (χ1v) is 25.8. The molecule has 0 aromatic rings. The Labute approximate surface area is 320 Å². The minimum atomic E-state index is -1.82. The van der Waals surface area contributed by atoms with Gasteiger partial charge in [-0.15, -0.1) is 0 Å². The summed E-state index contributed by atoms with van der Waals surface area (Å²) < 4.78 is 61.1. The van der Waals surface area contributed by atoms with Crippen LogP contribution in [0.2, 0.25) is 51.4 Å². The van der Waals surface area contributed by atoms with E-state index in [-0.39, 0.29) is 19.6 Å². The number of carbonyl (C=O) groups is 6. The van der Waals surface area contributed by atoms with Gasteiger partial charge in [-0.2, -0.15) is 0 Å². The van der Waals surface area contributed by atoms with E-state index in [0.717, 1.165) is 26.8 Å². The molecule has 2 fully saturated rings. The number of ether oxygens (including phenoxy) is 10. The normalized spacial score (nSPS) is 30.1. The molecule has 2 heterocycles. The summed E-state index contributed by atoms with van der Waals surface area (Å²) in [5, 5.41) is 0. The standard InChI is InChI=1S/C36H62O16Si2/c1-14-27-30(47-23(4)39)35(43-15-17-53(8,9)10)52-29(20-45-22(3)38)36(27,46-16-18-54(11,12)13)34-33(50-26(7)42)32(49-25(6)41)31(48-24(5)40)28(51-34)19-44-21(2)37/h27-35H,14-20H2,1-13H3/t27-,28+,29+,30+,31-,32-,33+,34+,35-,36+/m0/s1. The molecule has 0 aromatic carbocycles. The molecule has 2 saturated heterocycles. The van der Waals surface area contributed by atoms with E-state index in [4.69, 9.17) is 47.4 Å². The van der Waals surface area contributed by atoms with Gasteiger partial charge in [-0.3, -0.25) is 28.8 Å². The largest absolute Gasteiger partial charge is 0.463 e. The first-order valence-electron chi connectivity index (χ1n) is 18.4. The Hall–Kier alpha value is -2.91. The van der Waals surface area contributed by atoms with E-state index < -0.39 is 126 Å². The van der Waals surface area contributed by atoms with E-state index in [1.54, 1.807) is 0 Å². The van der Waals surface area contributed by atoms with Crippen molar-refractivity contribution in [3.63, 3.8) is 0 Å². The zero-order chi connectivity index (χ0) is 41.2. The summed E-state index contributed by atoms with van der Waals surface area (Å²) in [5.74, 6) is -5.25. The van der Waals surface area contributed by atoms with Gasteiger partial charge in [-0.05, 0) is 18.5 Å². The smallest absolute Gasteiger partial charge is 0.303 e. The number of esters is 6. The van der Waals surface area contributed by atoms with Crippen LogP contribution in [0.25, 0.3) is 0 Å². The molecule has 0 radical (unpaired) electrons. The Bertz CT molecular complexity index is 1310. The van der Waals surface area contributed by atoms with Crippen molar-refractivity contribution in [3.8, 4) is 0 Å². The van der Waals surface area contributed by atoms with Crippen molar-refractivity contribution in [2.24, 2.45) is 5.92 Å². The molecule has 0 aromatic heterocycles. The summed E-state index contributed by atoms with van der Waals surface area (Å²) in [5.41, 5.74) is -1.82. The van der Waals surface area contributed by atoms with Crippen molar-refractivity contribution in [1.29, 1.82) is 0 Å². The Balaban J connectivity index is 3.06. The maximum Gasteiger partial charge on any atom is 0.303 e. The summed E-state index contributed by atoms with van der Waals surface area (Å²) in [6, 6.07) is 1.37. The molecule has 18 heteroatoms. The first kappa shape index (κ1) is 47.2. The fourth-order valence-electron chi connectivity index (χ4n) is 6.69. The topological polar surface area (TPSA) is 195 Å². The second-order valence-corrected chi connectivity index (χ2v) is 27.4. The lowest BCUT2D eigenvalue weighted by Crippen LogP contribution is -2.77. The predicted molar refractivity (Wildman–Crippen MR) is 198 cm³/mol. The third-order valence-corrected chi connectivity index (χ3v) is 12.4. The van der Waals surface area contributed by atoms with Crippen LogP contribution in [0.1, 0.15) is 54.9 Å². The third-order valence-electron chi connectivity index (χ3n) is 9.00. The predicted octanol–water partition coefficient (Wildman–Crippen LogP) is 3.81. The molecule has 0 bridgehead atoms. The average molecular weight is 807 g/mol. The van der Waals surface area contributed by atoms with Gasteiger partial charge in [-0.1, -0.05) is 46.2 Å². The van der Waals surface area contributed by atoms with Gasteiger partial charge < -0.3 is 47.4 Å². The molecule has 0 aliphatic carbocycles. The molecular weight excluding hydrogens is 745 g/mol. The zero-order valence-electron chi connectivity index (χ0n) is 34.2. The average Bonchev–Trinajstić information content (AvgIpc) is 3.00. The van der Waals surface area contributed by atoms with Crippen LogP contribution in [-0.2, 0) is 76.1 Å². The minimum Gasteiger partial charge on any atom is -0.463 e. The fourth-order valence-corrected chi connectivity index (χ4v) is 8.14. The highest BCUT2D eigenvalue weighted by Gasteiger charge is 2.68. The van der Waals surface area contributed by atoms with Crippen molar-refractivity contribution in [2.45, 2.75) is 161 Å². The lowest BCUT2D eigenvalue weighted by atomic mass is 9.68. The van der Waals surface area contributed by atoms with Crippen molar-refractivity contribution < 1.29 is 76.1 Å². The van der Waals surface area contributed by atoms with Gasteiger partial charge >= 0.3 is 35.8 Å². The van der Waals surface area contributed by atoms with E-state index in [2.05, 4.69) is 39.3 Å². The molecule has 0 unspecified atom stereocenters. The van der Waals surface area contributed by atoms with Crippen molar-refractivity contribution >= 4 is 52.0 Å². The lowest BCUT2D eigenvalue weighted by molar-refractivity contribution is -0.373. The van der Waals surface area contributed by atoms with Gasteiger partial charge in [0, 0.05) is 76.8 Å². The monoisotopic (exact) mass is 806 g/mol. The second kappa shape index (κ2) is 20.3. The van der Waals surface area contributed by atoms with Gasteiger partial charge in [0.1, 0.15) is 37.1 Å². The first-order chi connectivity index (χ1) is 24.9. The maximum absolute atomic E-state index is 12.9. The van der Waals surface area contributed by atoms with Crippen molar-refractivity contribution in [1.82, 2.24) is 0 Å². The van der Waals surface area contributed by atoms with Gasteiger partial charge in [0.25, 0.3) is 0 Å². The Morgan fingerprint density at radius 2 is 1.04 bits per heavy atom. The Morgan fingerprint density at radius 1 is 0.574 bits per heavy atom. The quantitative estimate of drug-likeness (QED) is 0.110. The summed E-state index contributed by atoms with van der Waals surface area (Å²) in [6.07, 6.45) is -10.6. The molecule has 310 valence electrons. The molecular formula is C36H62O16Si2. The van der Waals surface area contributed by atoms with Gasteiger partial charge in [0.2, 0.25) is 0 Å². The van der Waals surface area contributed by atoms with E-state index in [9.17, 15) is 28.8 Å². The fraction of sp³-hybridized carbons (Fsp3) is 0.833. The molecule has 0 saturated carbocycles. The van der Waals surface area contributed by atoms with Crippen LogP contribution < -0.4 is 0 Å². The van der Waals surface area contributed by atoms with Gasteiger partial charge in [-0.25, -0.2) is 0 Å². The van der Waals surface area contributed by atoms with Crippen molar-refractivity contribution in [3.05, 3.63) is 0 Å². The Kier molecular flexibility index (Phi) is 17.8. The molecule has 0 spiro atoms. The molecule has 2 aliphatic rings. The molecule has 10 atom stereocenters. The summed E-state index contributed by atoms with van der Waals surface area (Å²) in [4.78, 5) is 75.5. The van der Waals surface area contributed by atoms with Crippen LogP contribution in [0.15, 0.2) is 0 Å². The number of hydrogen-bond acceptors (Lipinski definition) is 16. The zero-order valence-corrected chi connectivity index (χ0v) is 36.2. The Morgan fingerprint density at radius 3 is 1.52 bits per heavy atom. The van der Waals surface area contributed by atoms with Crippen molar-refractivity contribution in [2.75, 3.05) is 26.4 Å². The number of carbonyl (C=O) groups excluding carboxylic acids is 6. The van der Waals surface area contributed by atoms with Crippen LogP contribution >= 0.6 is 0 Å². The molecule has 54 heavy (non-hydrogen) atoms. The highest BCUT2D eigenvalue weighted by Crippen LogP contribution is 2.49. The lowest BCUT2D eigenvalue weighted by Gasteiger charge is -2.59. The van der Waals surface area contributed by atoms with Gasteiger partial charge in [0.15, 0.2) is 30.7 Å². The third kappa shape index (κ3) is 14.0.